The van der Waals surface area contributed by atoms with Crippen molar-refractivity contribution in [3.05, 3.63) is 58.2 Å². The summed E-state index contributed by atoms with van der Waals surface area (Å²) >= 11 is 6.15. The molecule has 128 valence electrons. The molecule has 0 saturated heterocycles. The SMILES string of the molecule is CON(c1cccc(C)n1)C(C)c1ccc(Cl)c(CNC(=O)O)c1. The van der Waals surface area contributed by atoms with E-state index in [-0.39, 0.29) is 12.6 Å². The van der Waals surface area contributed by atoms with Crippen LogP contribution >= 0.6 is 11.6 Å². The van der Waals surface area contributed by atoms with Crippen molar-refractivity contribution < 1.29 is 14.7 Å². The molecule has 0 saturated carbocycles. The van der Waals surface area contributed by atoms with Gasteiger partial charge < -0.3 is 10.4 Å². The van der Waals surface area contributed by atoms with Crippen molar-refractivity contribution in [2.75, 3.05) is 12.2 Å². The van der Waals surface area contributed by atoms with Gasteiger partial charge in [-0.15, -0.1) is 0 Å². The Hall–Kier alpha value is -2.31. The van der Waals surface area contributed by atoms with E-state index in [0.717, 1.165) is 11.3 Å². The molecule has 2 rings (SSSR count). The van der Waals surface area contributed by atoms with Gasteiger partial charge in [0.15, 0.2) is 5.82 Å². The number of pyridine rings is 1. The van der Waals surface area contributed by atoms with Crippen molar-refractivity contribution in [2.24, 2.45) is 0 Å². The third-order valence-corrected chi connectivity index (χ3v) is 4.00. The zero-order valence-electron chi connectivity index (χ0n) is 13.8. The molecule has 1 unspecified atom stereocenters. The third kappa shape index (κ3) is 4.37. The van der Waals surface area contributed by atoms with Crippen LogP contribution < -0.4 is 10.4 Å². The third-order valence-electron chi connectivity index (χ3n) is 3.63. The van der Waals surface area contributed by atoms with E-state index < -0.39 is 6.09 Å². The summed E-state index contributed by atoms with van der Waals surface area (Å²) < 4.78 is 0. The Labute approximate surface area is 146 Å². The fourth-order valence-electron chi connectivity index (χ4n) is 2.40. The maximum atomic E-state index is 10.7. The second-order valence-corrected chi connectivity index (χ2v) is 5.74. The molecule has 0 fully saturated rings. The summed E-state index contributed by atoms with van der Waals surface area (Å²) in [6.45, 7) is 4.04. The number of carbonyl (C=O) groups is 1. The van der Waals surface area contributed by atoms with Crippen molar-refractivity contribution in [1.82, 2.24) is 10.3 Å². The smallest absolute Gasteiger partial charge is 0.404 e. The van der Waals surface area contributed by atoms with Gasteiger partial charge in [0.1, 0.15) is 0 Å². The zero-order chi connectivity index (χ0) is 17.7. The number of amides is 1. The molecule has 1 heterocycles. The van der Waals surface area contributed by atoms with Crippen molar-refractivity contribution in [3.8, 4) is 0 Å². The van der Waals surface area contributed by atoms with Gasteiger partial charge in [0.05, 0.1) is 13.2 Å². The zero-order valence-corrected chi connectivity index (χ0v) is 14.5. The molecule has 2 aromatic rings. The van der Waals surface area contributed by atoms with E-state index in [9.17, 15) is 4.79 Å². The van der Waals surface area contributed by atoms with Gasteiger partial charge in [0.25, 0.3) is 0 Å². The van der Waals surface area contributed by atoms with Crippen molar-refractivity contribution in [1.29, 1.82) is 0 Å². The predicted molar refractivity (Wildman–Crippen MR) is 93.2 cm³/mol. The molecular formula is C17H20ClN3O3. The molecule has 1 amide bonds. The van der Waals surface area contributed by atoms with Crippen LogP contribution in [0.4, 0.5) is 10.6 Å². The minimum Gasteiger partial charge on any atom is -0.465 e. The standard InChI is InChI=1S/C17H20ClN3O3/c1-11-5-4-6-16(20-11)21(24-3)12(2)13-7-8-15(18)14(9-13)10-19-17(22)23/h4-9,12,19H,10H2,1-3H3,(H,22,23). The number of benzene rings is 1. The van der Waals surface area contributed by atoms with Crippen molar-refractivity contribution in [2.45, 2.75) is 26.4 Å². The molecule has 0 aliphatic carbocycles. The number of hydrogen-bond donors (Lipinski definition) is 2. The van der Waals surface area contributed by atoms with Gasteiger partial charge >= 0.3 is 6.09 Å². The lowest BCUT2D eigenvalue weighted by atomic mass is 10.0. The minimum absolute atomic E-state index is 0.134. The number of carboxylic acid groups (broad SMARTS) is 1. The van der Waals surface area contributed by atoms with E-state index in [0.29, 0.717) is 16.4 Å². The molecule has 1 aromatic heterocycles. The molecule has 0 aliphatic heterocycles. The highest BCUT2D eigenvalue weighted by Crippen LogP contribution is 2.28. The fourth-order valence-corrected chi connectivity index (χ4v) is 2.58. The molecule has 1 aromatic carbocycles. The maximum Gasteiger partial charge on any atom is 0.404 e. The van der Waals surface area contributed by atoms with Crippen LogP contribution in [-0.4, -0.2) is 23.3 Å². The van der Waals surface area contributed by atoms with Gasteiger partial charge in [-0.25, -0.2) is 14.8 Å². The number of nitrogens with zero attached hydrogens (tertiary/aromatic N) is 2. The summed E-state index contributed by atoms with van der Waals surface area (Å²) in [4.78, 5) is 20.7. The number of hydroxylamine groups is 1. The summed E-state index contributed by atoms with van der Waals surface area (Å²) in [5.41, 5.74) is 2.53. The van der Waals surface area contributed by atoms with Gasteiger partial charge in [-0.3, -0.25) is 4.84 Å². The van der Waals surface area contributed by atoms with Gasteiger partial charge in [0.2, 0.25) is 0 Å². The molecule has 0 bridgehead atoms. The lowest BCUT2D eigenvalue weighted by molar-refractivity contribution is 0.141. The Balaban J connectivity index is 2.28. The Morgan fingerprint density at radius 2 is 2.17 bits per heavy atom. The van der Waals surface area contributed by atoms with E-state index in [2.05, 4.69) is 10.3 Å². The average Bonchev–Trinajstić information content (AvgIpc) is 2.54. The van der Waals surface area contributed by atoms with E-state index in [1.54, 1.807) is 18.2 Å². The van der Waals surface area contributed by atoms with Crippen LogP contribution in [0.15, 0.2) is 36.4 Å². The summed E-state index contributed by atoms with van der Waals surface area (Å²) in [5, 5.41) is 13.3. The van der Waals surface area contributed by atoms with Crippen LogP contribution in [0.3, 0.4) is 0 Å². The van der Waals surface area contributed by atoms with Crippen LogP contribution in [-0.2, 0) is 11.4 Å². The lowest BCUT2D eigenvalue weighted by Gasteiger charge is -2.28. The van der Waals surface area contributed by atoms with Crippen LogP contribution in [0.1, 0.15) is 29.8 Å². The Morgan fingerprint density at radius 1 is 1.42 bits per heavy atom. The van der Waals surface area contributed by atoms with E-state index in [1.807, 2.05) is 44.2 Å². The molecule has 6 nitrogen and oxygen atoms in total. The van der Waals surface area contributed by atoms with E-state index >= 15 is 0 Å². The van der Waals surface area contributed by atoms with Gasteiger partial charge in [-0.05, 0) is 43.2 Å². The molecule has 0 radical (unpaired) electrons. The highest BCUT2D eigenvalue weighted by molar-refractivity contribution is 6.31. The molecular weight excluding hydrogens is 330 g/mol. The number of anilines is 1. The Bertz CT molecular complexity index is 724. The van der Waals surface area contributed by atoms with Crippen molar-refractivity contribution >= 4 is 23.5 Å². The average molecular weight is 350 g/mol. The first-order valence-electron chi connectivity index (χ1n) is 7.44. The number of halogens is 1. The number of hydrogen-bond acceptors (Lipinski definition) is 4. The van der Waals surface area contributed by atoms with Gasteiger partial charge in [0, 0.05) is 17.3 Å². The molecule has 2 N–H and O–H groups in total. The van der Waals surface area contributed by atoms with Crippen LogP contribution in [0.2, 0.25) is 5.02 Å². The van der Waals surface area contributed by atoms with Crippen LogP contribution in [0.5, 0.6) is 0 Å². The van der Waals surface area contributed by atoms with Gasteiger partial charge in [-0.2, -0.15) is 0 Å². The summed E-state index contributed by atoms with van der Waals surface area (Å²) in [6, 6.07) is 11.1. The van der Waals surface area contributed by atoms with Crippen molar-refractivity contribution in [3.63, 3.8) is 0 Å². The normalized spacial score (nSPS) is 11.8. The quantitative estimate of drug-likeness (QED) is 0.772. The first kappa shape index (κ1) is 18.0. The maximum absolute atomic E-state index is 10.7. The van der Waals surface area contributed by atoms with Gasteiger partial charge in [-0.1, -0.05) is 29.8 Å². The van der Waals surface area contributed by atoms with E-state index in [4.69, 9.17) is 21.5 Å². The second kappa shape index (κ2) is 7.99. The van der Waals surface area contributed by atoms with Crippen LogP contribution in [0.25, 0.3) is 0 Å². The predicted octanol–water partition coefficient (Wildman–Crippen LogP) is 3.94. The number of aromatic nitrogens is 1. The first-order valence-corrected chi connectivity index (χ1v) is 7.82. The largest absolute Gasteiger partial charge is 0.465 e. The monoisotopic (exact) mass is 349 g/mol. The fraction of sp³-hybridized carbons (Fsp3) is 0.294. The molecule has 0 spiro atoms. The topological polar surface area (TPSA) is 74.7 Å². The molecule has 0 aliphatic rings. The highest BCUT2D eigenvalue weighted by atomic mass is 35.5. The highest BCUT2D eigenvalue weighted by Gasteiger charge is 2.19. The summed E-state index contributed by atoms with van der Waals surface area (Å²) in [6.07, 6.45) is -1.09. The number of aryl methyl sites for hydroxylation is 1. The number of nitrogens with one attached hydrogen (secondary N) is 1. The minimum atomic E-state index is -1.09. The Morgan fingerprint density at radius 3 is 2.79 bits per heavy atom. The Kier molecular flexibility index (Phi) is 6.00. The summed E-state index contributed by atoms with van der Waals surface area (Å²) in [5.74, 6) is 0.699. The van der Waals surface area contributed by atoms with E-state index in [1.165, 1.54) is 0 Å². The first-order chi connectivity index (χ1) is 11.4. The molecule has 7 heteroatoms. The second-order valence-electron chi connectivity index (χ2n) is 5.33. The molecule has 24 heavy (non-hydrogen) atoms. The molecule has 1 atom stereocenters. The van der Waals surface area contributed by atoms with Crippen LogP contribution in [0, 0.1) is 6.92 Å². The summed E-state index contributed by atoms with van der Waals surface area (Å²) in [7, 11) is 1.59. The number of rotatable bonds is 6. The lowest BCUT2D eigenvalue weighted by Crippen LogP contribution is -2.27.